The van der Waals surface area contributed by atoms with E-state index in [1.54, 1.807) is 11.0 Å². The lowest BCUT2D eigenvalue weighted by molar-refractivity contribution is -0.153. The zero-order valence-corrected chi connectivity index (χ0v) is 10.4. The monoisotopic (exact) mass is 263 g/mol. The summed E-state index contributed by atoms with van der Waals surface area (Å²) in [7, 11) is 0. The van der Waals surface area contributed by atoms with Gasteiger partial charge in [-0.05, 0) is 42.5 Å². The molecule has 0 saturated heterocycles. The molecular formula is C14H14FNO3. The highest BCUT2D eigenvalue weighted by atomic mass is 19.1. The molecule has 1 aliphatic heterocycles. The number of aliphatic carboxylic acids is 1. The number of hydrogen-bond donors (Lipinski definition) is 1. The Morgan fingerprint density at radius 2 is 2.00 bits per heavy atom. The summed E-state index contributed by atoms with van der Waals surface area (Å²) in [6, 6.07) is 4.53. The maximum absolute atomic E-state index is 13.1. The van der Waals surface area contributed by atoms with E-state index in [0.717, 1.165) is 11.1 Å². The summed E-state index contributed by atoms with van der Waals surface area (Å²) in [6.45, 7) is 0.841. The summed E-state index contributed by atoms with van der Waals surface area (Å²) >= 11 is 0. The largest absolute Gasteiger partial charge is 0.480 e. The Balaban J connectivity index is 1.81. The maximum Gasteiger partial charge on any atom is 0.319 e. The van der Waals surface area contributed by atoms with Gasteiger partial charge in [-0.3, -0.25) is 9.59 Å². The van der Waals surface area contributed by atoms with Crippen LogP contribution in [0, 0.1) is 11.2 Å². The van der Waals surface area contributed by atoms with Crippen molar-refractivity contribution in [3.8, 4) is 0 Å². The van der Waals surface area contributed by atoms with Gasteiger partial charge in [0, 0.05) is 13.1 Å². The standard InChI is InChI=1S/C14H14FNO3/c15-11-2-1-10-8-16(6-3-9(10)7-11)12(17)14(4-5-14)13(18)19/h1-2,7H,3-6,8H2,(H,18,19). The molecule has 5 heteroatoms. The molecule has 1 aromatic carbocycles. The Morgan fingerprint density at radius 1 is 1.26 bits per heavy atom. The Hall–Kier alpha value is -1.91. The number of halogens is 1. The molecule has 0 bridgehead atoms. The van der Waals surface area contributed by atoms with Crippen molar-refractivity contribution in [2.75, 3.05) is 6.54 Å². The summed E-state index contributed by atoms with van der Waals surface area (Å²) in [5.41, 5.74) is 0.628. The number of benzene rings is 1. The molecule has 0 spiro atoms. The second-order valence-electron chi connectivity index (χ2n) is 5.28. The number of carboxylic acids is 1. The molecule has 4 nitrogen and oxygen atoms in total. The van der Waals surface area contributed by atoms with Crippen LogP contribution in [0.5, 0.6) is 0 Å². The van der Waals surface area contributed by atoms with Crippen LogP contribution in [0.15, 0.2) is 18.2 Å². The number of hydrogen-bond acceptors (Lipinski definition) is 2. The van der Waals surface area contributed by atoms with Crippen molar-refractivity contribution in [1.82, 2.24) is 4.90 Å². The molecule has 1 heterocycles. The van der Waals surface area contributed by atoms with Crippen LogP contribution in [0.3, 0.4) is 0 Å². The number of carboxylic acid groups (broad SMARTS) is 1. The van der Waals surface area contributed by atoms with E-state index in [0.29, 0.717) is 32.4 Å². The lowest BCUT2D eigenvalue weighted by atomic mass is 9.97. The minimum atomic E-state index is -1.18. The van der Waals surface area contributed by atoms with Gasteiger partial charge < -0.3 is 10.0 Å². The fourth-order valence-corrected chi connectivity index (χ4v) is 2.64. The van der Waals surface area contributed by atoms with Crippen LogP contribution >= 0.6 is 0 Å². The number of carbonyl (C=O) groups is 2. The van der Waals surface area contributed by atoms with Crippen LogP contribution in [0.25, 0.3) is 0 Å². The number of amides is 1. The van der Waals surface area contributed by atoms with Gasteiger partial charge in [-0.25, -0.2) is 4.39 Å². The molecule has 0 atom stereocenters. The smallest absolute Gasteiger partial charge is 0.319 e. The van der Waals surface area contributed by atoms with Gasteiger partial charge in [0.1, 0.15) is 11.2 Å². The molecule has 1 N–H and O–H groups in total. The van der Waals surface area contributed by atoms with Gasteiger partial charge in [0.15, 0.2) is 0 Å². The average Bonchev–Trinajstić information content (AvgIpc) is 3.18. The molecule has 1 aliphatic carbocycles. The third kappa shape index (κ3) is 1.89. The Kier molecular flexibility index (Phi) is 2.59. The van der Waals surface area contributed by atoms with Gasteiger partial charge in [0.25, 0.3) is 0 Å². The van der Waals surface area contributed by atoms with E-state index in [9.17, 15) is 14.0 Å². The normalized spacial score (nSPS) is 19.7. The molecule has 0 unspecified atom stereocenters. The van der Waals surface area contributed by atoms with Crippen LogP contribution < -0.4 is 0 Å². The van der Waals surface area contributed by atoms with Crippen molar-refractivity contribution < 1.29 is 19.1 Å². The molecule has 0 radical (unpaired) electrons. The first-order chi connectivity index (χ1) is 9.03. The molecule has 1 amide bonds. The Labute approximate surface area is 109 Å². The van der Waals surface area contributed by atoms with E-state index >= 15 is 0 Å². The molecule has 19 heavy (non-hydrogen) atoms. The first kappa shape index (κ1) is 12.1. The fraction of sp³-hybridized carbons (Fsp3) is 0.429. The topological polar surface area (TPSA) is 57.6 Å². The molecule has 0 aromatic heterocycles. The average molecular weight is 263 g/mol. The van der Waals surface area contributed by atoms with Crippen molar-refractivity contribution in [3.05, 3.63) is 35.1 Å². The van der Waals surface area contributed by atoms with Crippen molar-refractivity contribution in [2.45, 2.75) is 25.8 Å². The van der Waals surface area contributed by atoms with Crippen molar-refractivity contribution >= 4 is 11.9 Å². The predicted octanol–water partition coefficient (Wildman–Crippen LogP) is 1.58. The van der Waals surface area contributed by atoms with Crippen LogP contribution in [0.4, 0.5) is 4.39 Å². The van der Waals surface area contributed by atoms with Crippen molar-refractivity contribution in [1.29, 1.82) is 0 Å². The summed E-state index contributed by atoms with van der Waals surface area (Å²) in [5, 5.41) is 9.14. The summed E-state index contributed by atoms with van der Waals surface area (Å²) in [6.07, 6.45) is 1.43. The Bertz CT molecular complexity index is 566. The second kappa shape index (κ2) is 4.05. The van der Waals surface area contributed by atoms with Gasteiger partial charge in [-0.2, -0.15) is 0 Å². The van der Waals surface area contributed by atoms with E-state index in [-0.39, 0.29) is 11.7 Å². The third-order valence-electron chi connectivity index (χ3n) is 4.04. The van der Waals surface area contributed by atoms with Gasteiger partial charge in [-0.15, -0.1) is 0 Å². The van der Waals surface area contributed by atoms with Crippen LogP contribution in [-0.4, -0.2) is 28.4 Å². The van der Waals surface area contributed by atoms with Gasteiger partial charge in [0.05, 0.1) is 0 Å². The highest BCUT2D eigenvalue weighted by Gasteiger charge is 2.58. The van der Waals surface area contributed by atoms with Gasteiger partial charge in [-0.1, -0.05) is 6.07 Å². The van der Waals surface area contributed by atoms with E-state index in [2.05, 4.69) is 0 Å². The van der Waals surface area contributed by atoms with E-state index < -0.39 is 11.4 Å². The summed E-state index contributed by atoms with van der Waals surface area (Å²) < 4.78 is 13.1. The molecule has 1 fully saturated rings. The first-order valence-electron chi connectivity index (χ1n) is 6.33. The zero-order chi connectivity index (χ0) is 13.6. The number of rotatable bonds is 2. The Morgan fingerprint density at radius 3 is 2.63 bits per heavy atom. The SMILES string of the molecule is O=C(O)C1(C(=O)N2CCc3cc(F)ccc3C2)CC1. The highest BCUT2D eigenvalue weighted by molar-refractivity contribution is 6.04. The highest BCUT2D eigenvalue weighted by Crippen LogP contribution is 2.48. The van der Waals surface area contributed by atoms with Crippen LogP contribution in [0.2, 0.25) is 0 Å². The van der Waals surface area contributed by atoms with Crippen LogP contribution in [-0.2, 0) is 22.6 Å². The number of carbonyl (C=O) groups excluding carboxylic acids is 1. The van der Waals surface area contributed by atoms with Crippen LogP contribution in [0.1, 0.15) is 24.0 Å². The lowest BCUT2D eigenvalue weighted by Gasteiger charge is -2.30. The quantitative estimate of drug-likeness (QED) is 0.824. The maximum atomic E-state index is 13.1. The second-order valence-corrected chi connectivity index (χ2v) is 5.28. The van der Waals surface area contributed by atoms with E-state index in [1.807, 2.05) is 0 Å². The summed E-state index contributed by atoms with van der Waals surface area (Å²) in [5.74, 6) is -1.60. The fourth-order valence-electron chi connectivity index (χ4n) is 2.64. The number of fused-ring (bicyclic) bond motifs is 1. The van der Waals surface area contributed by atoms with E-state index in [1.165, 1.54) is 12.1 Å². The van der Waals surface area contributed by atoms with E-state index in [4.69, 9.17) is 5.11 Å². The molecule has 1 saturated carbocycles. The predicted molar refractivity (Wildman–Crippen MR) is 64.8 cm³/mol. The van der Waals surface area contributed by atoms with Gasteiger partial charge in [0.2, 0.25) is 5.91 Å². The molecule has 1 aromatic rings. The summed E-state index contributed by atoms with van der Waals surface area (Å²) in [4.78, 5) is 25.0. The van der Waals surface area contributed by atoms with Crippen molar-refractivity contribution in [3.63, 3.8) is 0 Å². The number of nitrogens with zero attached hydrogens (tertiary/aromatic N) is 1. The minimum absolute atomic E-state index is 0.275. The zero-order valence-electron chi connectivity index (χ0n) is 10.4. The molecule has 100 valence electrons. The molecule has 3 rings (SSSR count). The van der Waals surface area contributed by atoms with Crippen molar-refractivity contribution in [2.24, 2.45) is 5.41 Å². The van der Waals surface area contributed by atoms with Gasteiger partial charge >= 0.3 is 5.97 Å². The molecule has 2 aliphatic rings. The minimum Gasteiger partial charge on any atom is -0.480 e. The lowest BCUT2D eigenvalue weighted by Crippen LogP contribution is -2.43. The molecular weight excluding hydrogens is 249 g/mol. The first-order valence-corrected chi connectivity index (χ1v) is 6.33. The third-order valence-corrected chi connectivity index (χ3v) is 4.04.